The zero-order valence-corrected chi connectivity index (χ0v) is 14.9. The number of carbonyl (C=O) groups is 1. The average molecular weight is 343 g/mol. The van der Waals surface area contributed by atoms with Crippen molar-refractivity contribution >= 4 is 17.3 Å². The van der Waals surface area contributed by atoms with E-state index in [4.69, 9.17) is 0 Å². The minimum absolute atomic E-state index is 0.219. The lowest BCUT2D eigenvalue weighted by Crippen LogP contribution is -2.32. The summed E-state index contributed by atoms with van der Waals surface area (Å²) in [6.45, 7) is 8.79. The summed E-state index contributed by atoms with van der Waals surface area (Å²) in [7, 11) is 0. The molecule has 1 aromatic heterocycles. The normalized spacial score (nSPS) is 11.9. The smallest absolute Gasteiger partial charge is 0.286 e. The van der Waals surface area contributed by atoms with Crippen LogP contribution in [0.25, 0.3) is 0 Å². The van der Waals surface area contributed by atoms with E-state index in [1.165, 1.54) is 13.0 Å². The third-order valence-electron chi connectivity index (χ3n) is 4.14. The fourth-order valence-electron chi connectivity index (χ4n) is 2.84. The molecule has 0 saturated carbocycles. The third kappa shape index (κ3) is 3.76. The van der Waals surface area contributed by atoms with Crippen molar-refractivity contribution in [2.75, 3.05) is 5.32 Å². The first kappa shape index (κ1) is 18.4. The predicted octanol–water partition coefficient (Wildman–Crippen LogP) is 3.19. The first-order valence-electron chi connectivity index (χ1n) is 7.87. The molecule has 1 N–H and O–H groups in total. The Hall–Kier alpha value is -2.96. The Kier molecular flexibility index (Phi) is 5.06. The van der Waals surface area contributed by atoms with Gasteiger partial charge in [-0.25, -0.2) is 0 Å². The minimum atomic E-state index is -0.883. The number of pyridine rings is 1. The molecule has 0 aliphatic carbocycles. The van der Waals surface area contributed by atoms with Crippen LogP contribution in [-0.2, 0) is 4.79 Å². The van der Waals surface area contributed by atoms with Crippen molar-refractivity contribution in [1.29, 1.82) is 0 Å². The molecular weight excluding hydrogens is 322 g/mol. The SMILES string of the molecule is Cc1cc(C)c(NC(=O)C(C)n2cc([N+](=O)[O-])cc(C)c2=O)c(C)c1. The Bertz CT molecular complexity index is 892. The molecule has 2 rings (SSSR count). The van der Waals surface area contributed by atoms with Crippen LogP contribution in [0.15, 0.2) is 29.2 Å². The van der Waals surface area contributed by atoms with Crippen molar-refractivity contribution in [3.05, 3.63) is 67.1 Å². The van der Waals surface area contributed by atoms with Crippen LogP contribution in [0.2, 0.25) is 0 Å². The summed E-state index contributed by atoms with van der Waals surface area (Å²) in [4.78, 5) is 35.3. The van der Waals surface area contributed by atoms with Crippen molar-refractivity contribution in [2.24, 2.45) is 0 Å². The van der Waals surface area contributed by atoms with E-state index in [-0.39, 0.29) is 11.3 Å². The zero-order valence-electron chi connectivity index (χ0n) is 14.9. The predicted molar refractivity (Wildman–Crippen MR) is 96.1 cm³/mol. The van der Waals surface area contributed by atoms with Gasteiger partial charge in [0.05, 0.1) is 11.1 Å². The van der Waals surface area contributed by atoms with E-state index in [1.807, 2.05) is 32.9 Å². The maximum Gasteiger partial charge on any atom is 0.286 e. The minimum Gasteiger partial charge on any atom is -0.324 e. The fourth-order valence-corrected chi connectivity index (χ4v) is 2.84. The van der Waals surface area contributed by atoms with Crippen LogP contribution in [0.3, 0.4) is 0 Å². The van der Waals surface area contributed by atoms with E-state index >= 15 is 0 Å². The number of nitrogens with zero attached hydrogens (tertiary/aromatic N) is 2. The summed E-state index contributed by atoms with van der Waals surface area (Å²) < 4.78 is 1.10. The number of aromatic nitrogens is 1. The summed E-state index contributed by atoms with van der Waals surface area (Å²) in [5, 5.41) is 13.8. The first-order valence-corrected chi connectivity index (χ1v) is 7.87. The standard InChI is InChI=1S/C18H21N3O4/c1-10-6-11(2)16(12(3)7-10)19-17(22)14(5)20-9-15(21(24)25)8-13(4)18(20)23/h6-9,14H,1-5H3,(H,19,22). The van der Waals surface area contributed by atoms with Gasteiger partial charge >= 0.3 is 0 Å². The molecule has 0 saturated heterocycles. The largest absolute Gasteiger partial charge is 0.324 e. The Morgan fingerprint density at radius 1 is 1.12 bits per heavy atom. The van der Waals surface area contributed by atoms with Crippen LogP contribution in [0.5, 0.6) is 0 Å². The quantitative estimate of drug-likeness (QED) is 0.681. The second-order valence-electron chi connectivity index (χ2n) is 6.29. The molecule has 0 aliphatic rings. The lowest BCUT2D eigenvalue weighted by molar-refractivity contribution is -0.385. The Morgan fingerprint density at radius 2 is 1.68 bits per heavy atom. The van der Waals surface area contributed by atoms with E-state index < -0.39 is 22.4 Å². The number of nitro groups is 1. The monoisotopic (exact) mass is 343 g/mol. The van der Waals surface area contributed by atoms with E-state index in [9.17, 15) is 19.7 Å². The first-order chi connectivity index (χ1) is 11.6. The molecule has 1 amide bonds. The summed E-state index contributed by atoms with van der Waals surface area (Å²) in [5.74, 6) is -0.406. The molecule has 0 bridgehead atoms. The molecule has 1 unspecified atom stereocenters. The van der Waals surface area contributed by atoms with Crippen LogP contribution in [0, 0.1) is 37.8 Å². The van der Waals surface area contributed by atoms with Gasteiger partial charge in [0, 0.05) is 17.3 Å². The van der Waals surface area contributed by atoms with Gasteiger partial charge in [0.25, 0.3) is 11.2 Å². The highest BCUT2D eigenvalue weighted by Crippen LogP contribution is 2.23. The molecule has 0 fully saturated rings. The van der Waals surface area contributed by atoms with Crippen LogP contribution >= 0.6 is 0 Å². The molecule has 0 spiro atoms. The average Bonchev–Trinajstić information content (AvgIpc) is 2.52. The van der Waals surface area contributed by atoms with Crippen LogP contribution in [0.4, 0.5) is 11.4 Å². The molecule has 0 radical (unpaired) electrons. The lowest BCUT2D eigenvalue weighted by atomic mass is 10.0. The van der Waals surface area contributed by atoms with E-state index in [1.54, 1.807) is 6.92 Å². The second kappa shape index (κ2) is 6.88. The zero-order chi connectivity index (χ0) is 18.9. The van der Waals surface area contributed by atoms with Gasteiger partial charge in [0.2, 0.25) is 5.91 Å². The number of nitrogens with one attached hydrogen (secondary N) is 1. The van der Waals surface area contributed by atoms with Gasteiger partial charge in [-0.1, -0.05) is 17.7 Å². The van der Waals surface area contributed by atoms with Gasteiger partial charge in [-0.15, -0.1) is 0 Å². The topological polar surface area (TPSA) is 94.2 Å². The van der Waals surface area contributed by atoms with Gasteiger partial charge in [-0.05, 0) is 45.7 Å². The summed E-state index contributed by atoms with van der Waals surface area (Å²) in [5.41, 5.74) is 3.19. The Morgan fingerprint density at radius 3 is 2.20 bits per heavy atom. The van der Waals surface area contributed by atoms with Gasteiger partial charge in [-0.2, -0.15) is 0 Å². The Balaban J connectivity index is 2.39. The molecular formula is C18H21N3O4. The molecule has 1 heterocycles. The van der Waals surface area contributed by atoms with Crippen LogP contribution in [0.1, 0.15) is 35.2 Å². The number of aryl methyl sites for hydroxylation is 4. The molecule has 7 nitrogen and oxygen atoms in total. The number of hydrogen-bond donors (Lipinski definition) is 1. The number of amides is 1. The van der Waals surface area contributed by atoms with Gasteiger partial charge in [0.1, 0.15) is 6.04 Å². The molecule has 1 atom stereocenters. The fraction of sp³-hybridized carbons (Fsp3) is 0.333. The van der Waals surface area contributed by atoms with Crippen molar-refractivity contribution in [3.63, 3.8) is 0 Å². The number of anilines is 1. The van der Waals surface area contributed by atoms with Crippen molar-refractivity contribution < 1.29 is 9.72 Å². The molecule has 2 aromatic rings. The van der Waals surface area contributed by atoms with E-state index in [0.29, 0.717) is 5.69 Å². The van der Waals surface area contributed by atoms with Gasteiger partial charge < -0.3 is 5.32 Å². The molecule has 1 aromatic carbocycles. The van der Waals surface area contributed by atoms with Crippen LogP contribution in [-0.4, -0.2) is 15.4 Å². The summed E-state index contributed by atoms with van der Waals surface area (Å²) >= 11 is 0. The number of carbonyl (C=O) groups excluding carboxylic acids is 1. The number of benzene rings is 1. The maximum absolute atomic E-state index is 12.6. The molecule has 25 heavy (non-hydrogen) atoms. The molecule has 0 aliphatic heterocycles. The van der Waals surface area contributed by atoms with E-state index in [0.717, 1.165) is 27.5 Å². The highest BCUT2D eigenvalue weighted by molar-refractivity contribution is 5.95. The highest BCUT2D eigenvalue weighted by atomic mass is 16.6. The molecule has 132 valence electrons. The third-order valence-corrected chi connectivity index (χ3v) is 4.14. The van der Waals surface area contributed by atoms with Crippen molar-refractivity contribution in [1.82, 2.24) is 4.57 Å². The van der Waals surface area contributed by atoms with Crippen molar-refractivity contribution in [2.45, 2.75) is 40.7 Å². The lowest BCUT2D eigenvalue weighted by Gasteiger charge is -2.18. The summed E-state index contributed by atoms with van der Waals surface area (Å²) in [6, 6.07) is 4.23. The Labute approximate surface area is 145 Å². The second-order valence-corrected chi connectivity index (χ2v) is 6.29. The van der Waals surface area contributed by atoms with Gasteiger partial charge in [0.15, 0.2) is 0 Å². The van der Waals surface area contributed by atoms with E-state index in [2.05, 4.69) is 5.32 Å². The van der Waals surface area contributed by atoms with Gasteiger partial charge in [-0.3, -0.25) is 24.3 Å². The maximum atomic E-state index is 12.6. The molecule has 7 heteroatoms. The highest BCUT2D eigenvalue weighted by Gasteiger charge is 2.21. The number of hydrogen-bond acceptors (Lipinski definition) is 4. The van der Waals surface area contributed by atoms with Crippen LogP contribution < -0.4 is 10.9 Å². The number of rotatable bonds is 4. The summed E-state index contributed by atoms with van der Waals surface area (Å²) in [6.07, 6.45) is 1.11. The van der Waals surface area contributed by atoms with Crippen molar-refractivity contribution in [3.8, 4) is 0 Å².